The number of fused-ring (bicyclic) bond motifs is 1. The fraction of sp³-hybridized carbons (Fsp3) is 0. The number of rotatable bonds is 2. The lowest BCUT2D eigenvalue weighted by molar-refractivity contribution is -0.383. The zero-order valence-electron chi connectivity index (χ0n) is 7.71. The summed E-state index contributed by atoms with van der Waals surface area (Å²) < 4.78 is 0. The van der Waals surface area contributed by atoms with Crippen molar-refractivity contribution in [2.45, 2.75) is 0 Å². The van der Waals surface area contributed by atoms with Crippen LogP contribution in [-0.4, -0.2) is 11.2 Å². The molecule has 0 atom stereocenters. The molecular weight excluding hydrogens is 194 g/mol. The van der Waals surface area contributed by atoms with Gasteiger partial charge in [-0.05, 0) is 5.39 Å². The summed E-state index contributed by atoms with van der Waals surface area (Å²) >= 11 is 0. The van der Waals surface area contributed by atoms with Crippen LogP contribution < -0.4 is 0 Å². The van der Waals surface area contributed by atoms with Gasteiger partial charge in [-0.3, -0.25) is 14.9 Å². The summed E-state index contributed by atoms with van der Waals surface area (Å²) in [5.74, 6) is 0. The maximum atomic E-state index is 10.8. The Morgan fingerprint density at radius 2 is 1.80 bits per heavy atom. The van der Waals surface area contributed by atoms with Gasteiger partial charge >= 0.3 is 0 Å². The molecule has 0 aromatic heterocycles. The van der Waals surface area contributed by atoms with E-state index in [1.807, 2.05) is 0 Å². The van der Waals surface area contributed by atoms with Crippen molar-refractivity contribution in [2.75, 3.05) is 0 Å². The van der Waals surface area contributed by atoms with Crippen LogP contribution in [0.3, 0.4) is 0 Å². The molecule has 0 spiro atoms. The Balaban J connectivity index is 2.93. The lowest BCUT2D eigenvalue weighted by atomic mass is 10.0. The van der Waals surface area contributed by atoms with Crippen LogP contribution in [0.1, 0.15) is 10.4 Å². The largest absolute Gasteiger partial charge is 0.298 e. The molecular formula is C11H7NO3. The average molecular weight is 201 g/mol. The summed E-state index contributed by atoms with van der Waals surface area (Å²) in [6, 6.07) is 9.77. The molecule has 4 heteroatoms. The molecule has 74 valence electrons. The third-order valence-corrected chi connectivity index (χ3v) is 2.24. The van der Waals surface area contributed by atoms with E-state index in [-0.39, 0.29) is 5.69 Å². The van der Waals surface area contributed by atoms with Gasteiger partial charge in [-0.1, -0.05) is 30.3 Å². The standard InChI is InChI=1S/C11H7NO3/c13-7-9-5-1-3-8-4-2-6-10(11(8)9)12(14)15/h1-7H. The highest BCUT2D eigenvalue weighted by molar-refractivity contribution is 6.03. The predicted octanol–water partition coefficient (Wildman–Crippen LogP) is 2.56. The van der Waals surface area contributed by atoms with Crippen LogP contribution >= 0.6 is 0 Å². The summed E-state index contributed by atoms with van der Waals surface area (Å²) in [7, 11) is 0. The number of hydrogen-bond acceptors (Lipinski definition) is 3. The fourth-order valence-corrected chi connectivity index (χ4v) is 1.60. The summed E-state index contributed by atoms with van der Waals surface area (Å²) in [6.07, 6.45) is 0.634. The number of non-ortho nitro benzene ring substituents is 1. The quantitative estimate of drug-likeness (QED) is 0.426. The van der Waals surface area contributed by atoms with Crippen molar-refractivity contribution in [3.63, 3.8) is 0 Å². The monoisotopic (exact) mass is 201 g/mol. The maximum absolute atomic E-state index is 10.8. The molecule has 2 aromatic carbocycles. The molecule has 2 rings (SSSR count). The van der Waals surface area contributed by atoms with Crippen LogP contribution in [0.25, 0.3) is 10.8 Å². The highest BCUT2D eigenvalue weighted by atomic mass is 16.6. The van der Waals surface area contributed by atoms with E-state index in [1.54, 1.807) is 30.3 Å². The van der Waals surface area contributed by atoms with Crippen molar-refractivity contribution < 1.29 is 9.72 Å². The molecule has 0 unspecified atom stereocenters. The topological polar surface area (TPSA) is 60.2 Å². The van der Waals surface area contributed by atoms with Crippen LogP contribution in [0.2, 0.25) is 0 Å². The van der Waals surface area contributed by atoms with Gasteiger partial charge in [-0.25, -0.2) is 0 Å². The molecule has 0 aliphatic carbocycles. The normalized spacial score (nSPS) is 10.1. The number of nitro groups is 1. The molecule has 0 radical (unpaired) electrons. The van der Waals surface area contributed by atoms with Gasteiger partial charge in [0, 0.05) is 11.6 Å². The lowest BCUT2D eigenvalue weighted by Crippen LogP contribution is -1.92. The summed E-state index contributed by atoms with van der Waals surface area (Å²) in [4.78, 5) is 21.1. The predicted molar refractivity (Wildman–Crippen MR) is 56.0 cm³/mol. The molecule has 0 bridgehead atoms. The second-order valence-corrected chi connectivity index (χ2v) is 3.10. The highest BCUT2D eigenvalue weighted by Gasteiger charge is 2.13. The first-order valence-electron chi connectivity index (χ1n) is 4.35. The lowest BCUT2D eigenvalue weighted by Gasteiger charge is -2.01. The van der Waals surface area contributed by atoms with Gasteiger partial charge < -0.3 is 0 Å². The van der Waals surface area contributed by atoms with Crippen LogP contribution in [-0.2, 0) is 0 Å². The van der Waals surface area contributed by atoms with Crippen LogP contribution in [0.5, 0.6) is 0 Å². The number of carbonyl (C=O) groups is 1. The van der Waals surface area contributed by atoms with Crippen LogP contribution in [0, 0.1) is 10.1 Å². The molecule has 4 nitrogen and oxygen atoms in total. The fourth-order valence-electron chi connectivity index (χ4n) is 1.60. The molecule has 0 saturated carbocycles. The number of hydrogen-bond donors (Lipinski definition) is 0. The van der Waals surface area contributed by atoms with Crippen molar-refractivity contribution in [2.24, 2.45) is 0 Å². The minimum atomic E-state index is -0.477. The molecule has 2 aromatic rings. The molecule has 0 heterocycles. The van der Waals surface area contributed by atoms with Gasteiger partial charge in [0.25, 0.3) is 5.69 Å². The Hall–Kier alpha value is -2.23. The van der Waals surface area contributed by atoms with Gasteiger partial charge in [-0.2, -0.15) is 0 Å². The van der Waals surface area contributed by atoms with Gasteiger partial charge in [0.1, 0.15) is 0 Å². The molecule has 15 heavy (non-hydrogen) atoms. The van der Waals surface area contributed by atoms with E-state index in [9.17, 15) is 14.9 Å². The Morgan fingerprint density at radius 1 is 1.13 bits per heavy atom. The first-order chi connectivity index (χ1) is 7.24. The number of aldehydes is 1. The SMILES string of the molecule is O=Cc1cccc2cccc([N+](=O)[O-])c12. The van der Waals surface area contributed by atoms with Crippen molar-refractivity contribution >= 4 is 22.7 Å². The number of benzene rings is 2. The Labute approximate surface area is 85.3 Å². The van der Waals surface area contributed by atoms with E-state index in [4.69, 9.17) is 0 Å². The third kappa shape index (κ3) is 1.46. The molecule has 0 amide bonds. The van der Waals surface area contributed by atoms with E-state index in [2.05, 4.69) is 0 Å². The molecule has 0 aliphatic heterocycles. The minimum absolute atomic E-state index is 0.0322. The number of nitrogens with zero attached hydrogens (tertiary/aromatic N) is 1. The number of carbonyl (C=O) groups excluding carboxylic acids is 1. The van der Waals surface area contributed by atoms with Gasteiger partial charge in [0.2, 0.25) is 0 Å². The van der Waals surface area contributed by atoms with Gasteiger partial charge in [-0.15, -0.1) is 0 Å². The van der Waals surface area contributed by atoms with Gasteiger partial charge in [0.05, 0.1) is 10.3 Å². The van der Waals surface area contributed by atoms with Crippen molar-refractivity contribution in [3.8, 4) is 0 Å². The first-order valence-corrected chi connectivity index (χ1v) is 4.35. The van der Waals surface area contributed by atoms with Crippen molar-refractivity contribution in [3.05, 3.63) is 52.1 Å². The second-order valence-electron chi connectivity index (χ2n) is 3.10. The third-order valence-electron chi connectivity index (χ3n) is 2.24. The van der Waals surface area contributed by atoms with E-state index in [1.165, 1.54) is 6.07 Å². The molecule has 0 saturated heterocycles. The Bertz CT molecular complexity index is 543. The van der Waals surface area contributed by atoms with Crippen LogP contribution in [0.15, 0.2) is 36.4 Å². The van der Waals surface area contributed by atoms with E-state index >= 15 is 0 Å². The molecule has 0 aliphatic rings. The summed E-state index contributed by atoms with van der Waals surface area (Å²) in [6.45, 7) is 0. The highest BCUT2D eigenvalue weighted by Crippen LogP contribution is 2.27. The molecule has 0 N–H and O–H groups in total. The Morgan fingerprint density at radius 3 is 2.40 bits per heavy atom. The number of nitro benzene ring substituents is 1. The van der Waals surface area contributed by atoms with E-state index in [0.717, 1.165) is 0 Å². The summed E-state index contributed by atoms with van der Waals surface area (Å²) in [5.41, 5.74) is 0.315. The van der Waals surface area contributed by atoms with E-state index < -0.39 is 4.92 Å². The smallest absolute Gasteiger partial charge is 0.277 e. The zero-order valence-corrected chi connectivity index (χ0v) is 7.71. The summed E-state index contributed by atoms with van der Waals surface area (Å²) in [5, 5.41) is 11.9. The average Bonchev–Trinajstić information content (AvgIpc) is 2.27. The van der Waals surface area contributed by atoms with E-state index in [0.29, 0.717) is 22.6 Å². The second kappa shape index (κ2) is 3.49. The van der Waals surface area contributed by atoms with Crippen LogP contribution in [0.4, 0.5) is 5.69 Å². The van der Waals surface area contributed by atoms with Gasteiger partial charge in [0.15, 0.2) is 6.29 Å². The Kier molecular flexibility index (Phi) is 2.17. The molecule has 0 fully saturated rings. The first kappa shape index (κ1) is 9.33. The minimum Gasteiger partial charge on any atom is -0.298 e. The van der Waals surface area contributed by atoms with Crippen molar-refractivity contribution in [1.29, 1.82) is 0 Å². The van der Waals surface area contributed by atoms with Crippen molar-refractivity contribution in [1.82, 2.24) is 0 Å². The maximum Gasteiger partial charge on any atom is 0.277 e. The zero-order chi connectivity index (χ0) is 10.8.